The first-order valence-corrected chi connectivity index (χ1v) is 17.7. The number of primary amides is 1. The van der Waals surface area contributed by atoms with Gasteiger partial charge in [-0.15, -0.1) is 0 Å². The second-order valence-corrected chi connectivity index (χ2v) is 22.1. The van der Waals surface area contributed by atoms with Crippen molar-refractivity contribution in [3.8, 4) is 0 Å². The fraction of sp³-hybridized carbons (Fsp3) is 0.783. The van der Waals surface area contributed by atoms with Crippen LogP contribution in [0.5, 0.6) is 0 Å². The average Bonchev–Trinajstić information content (AvgIpc) is 2.89. The predicted octanol–water partition coefficient (Wildman–Crippen LogP) is 2.45. The maximum Gasteiger partial charge on any atom is 0.330 e. The molecule has 4 N–H and O–H groups in total. The minimum Gasteiger partial charge on any atom is -0.414 e. The van der Waals surface area contributed by atoms with Crippen LogP contribution in [0.1, 0.15) is 54.2 Å². The third-order valence-electron chi connectivity index (χ3n) is 7.83. The van der Waals surface area contributed by atoms with Gasteiger partial charge < -0.3 is 24.4 Å². The molecule has 0 aromatic carbocycles. The molecule has 1 saturated heterocycles. The molecule has 2 heterocycles. The van der Waals surface area contributed by atoms with Crippen LogP contribution >= 0.6 is 0 Å². The van der Waals surface area contributed by atoms with Gasteiger partial charge in [0.15, 0.2) is 22.9 Å². The summed E-state index contributed by atoms with van der Waals surface area (Å²) < 4.78 is 20.4. The number of carbonyl (C=O) groups excluding carboxylic acids is 1. The molecule has 0 spiro atoms. The number of nitrogens with two attached hydrogens (primary N) is 1. The number of aromatic nitrogens is 2. The van der Waals surface area contributed by atoms with Gasteiger partial charge in [-0.1, -0.05) is 41.5 Å². The summed E-state index contributed by atoms with van der Waals surface area (Å²) in [7, 11) is -4.79. The van der Waals surface area contributed by atoms with Gasteiger partial charge in [-0.3, -0.25) is 19.1 Å². The zero-order valence-electron chi connectivity index (χ0n) is 22.7. The van der Waals surface area contributed by atoms with Gasteiger partial charge in [0.05, 0.1) is 13.0 Å². The monoisotopic (exact) mass is 529 g/mol. The molecule has 0 radical (unpaired) electrons. The molecule has 1 amide bonds. The fourth-order valence-electron chi connectivity index (χ4n) is 3.46. The minimum absolute atomic E-state index is 0.00770. The maximum absolute atomic E-state index is 12.7. The molecule has 35 heavy (non-hydrogen) atoms. The van der Waals surface area contributed by atoms with E-state index in [2.05, 4.69) is 38.8 Å². The molecular formula is C23H43N3O7Si2. The molecule has 2 rings (SSSR count). The van der Waals surface area contributed by atoms with Crippen LogP contribution in [0.2, 0.25) is 36.3 Å². The number of aliphatic hydroxyl groups is 1. The normalized spacial score (nSPS) is 26.2. The number of aromatic amines is 1. The Kier molecular flexibility index (Phi) is 8.23. The molecule has 0 bridgehead atoms. The molecule has 0 saturated carbocycles. The van der Waals surface area contributed by atoms with Crippen LogP contribution in [-0.2, 0) is 18.4 Å². The molecular weight excluding hydrogens is 486 g/mol. The highest BCUT2D eigenvalue weighted by Gasteiger charge is 2.60. The summed E-state index contributed by atoms with van der Waals surface area (Å²) in [5.74, 6) is -0.730. The number of ether oxygens (including phenoxy) is 1. The van der Waals surface area contributed by atoms with Crippen molar-refractivity contribution in [3.05, 3.63) is 33.1 Å². The summed E-state index contributed by atoms with van der Waals surface area (Å²) in [4.78, 5) is 38.8. The van der Waals surface area contributed by atoms with Crippen molar-refractivity contribution < 1.29 is 23.5 Å². The van der Waals surface area contributed by atoms with Crippen LogP contribution in [0.15, 0.2) is 21.9 Å². The van der Waals surface area contributed by atoms with Gasteiger partial charge in [-0.25, -0.2) is 4.79 Å². The number of nitrogens with zero attached hydrogens (tertiary/aromatic N) is 1. The molecule has 4 atom stereocenters. The van der Waals surface area contributed by atoms with E-state index in [1.807, 2.05) is 33.9 Å². The molecule has 10 nitrogen and oxygen atoms in total. The van der Waals surface area contributed by atoms with Gasteiger partial charge in [-0.05, 0) is 36.3 Å². The molecule has 1 aliphatic rings. The van der Waals surface area contributed by atoms with E-state index in [-0.39, 0.29) is 16.7 Å². The Balaban J connectivity index is 2.62. The standard InChI is InChI=1S/C23H43N3O7Si2/c1-21(2,3)34(7,8)31-14-15-23(30,13-16(24)27)18(33-35(9,10)22(4,5)6)19(32-15)26-12-11-17(28)25-20(26)29/h11-12,15,18-19,30H,13-14H2,1-10H3,(H2,24,27)(H,25,28,29)/t15-,18+,19-,23-/m1/s1. The quantitative estimate of drug-likeness (QED) is 0.438. The van der Waals surface area contributed by atoms with Gasteiger partial charge >= 0.3 is 5.69 Å². The molecule has 0 aliphatic carbocycles. The van der Waals surface area contributed by atoms with Gasteiger partial charge in [0.1, 0.15) is 17.8 Å². The van der Waals surface area contributed by atoms with Crippen molar-refractivity contribution in [3.63, 3.8) is 0 Å². The molecule has 1 fully saturated rings. The van der Waals surface area contributed by atoms with Gasteiger partial charge in [-0.2, -0.15) is 0 Å². The highest BCUT2D eigenvalue weighted by Crippen LogP contribution is 2.47. The maximum atomic E-state index is 12.7. The first-order valence-electron chi connectivity index (χ1n) is 11.9. The predicted molar refractivity (Wildman–Crippen MR) is 139 cm³/mol. The molecule has 1 aromatic rings. The molecule has 200 valence electrons. The zero-order valence-corrected chi connectivity index (χ0v) is 24.7. The third-order valence-corrected chi connectivity index (χ3v) is 16.8. The van der Waals surface area contributed by atoms with E-state index >= 15 is 0 Å². The van der Waals surface area contributed by atoms with E-state index in [0.717, 1.165) is 0 Å². The summed E-state index contributed by atoms with van der Waals surface area (Å²) in [6.07, 6.45) is -2.34. The van der Waals surface area contributed by atoms with Crippen LogP contribution in [0.25, 0.3) is 0 Å². The van der Waals surface area contributed by atoms with Gasteiger partial charge in [0.2, 0.25) is 5.91 Å². The lowest BCUT2D eigenvalue weighted by Gasteiger charge is -2.43. The van der Waals surface area contributed by atoms with Crippen LogP contribution in [0, 0.1) is 0 Å². The zero-order chi connectivity index (χ0) is 27.2. The van der Waals surface area contributed by atoms with Crippen molar-refractivity contribution in [1.82, 2.24) is 9.55 Å². The summed E-state index contributed by atoms with van der Waals surface area (Å²) >= 11 is 0. The number of nitrogens with one attached hydrogen (secondary N) is 1. The second kappa shape index (κ2) is 9.71. The fourth-order valence-corrected chi connectivity index (χ4v) is 5.77. The Labute approximate surface area is 209 Å². The molecule has 1 aliphatic heterocycles. The molecule has 1 aromatic heterocycles. The third kappa shape index (κ3) is 6.23. The Morgan fingerprint density at radius 2 is 1.69 bits per heavy atom. The van der Waals surface area contributed by atoms with E-state index in [1.165, 1.54) is 16.8 Å². The number of rotatable bonds is 8. The SMILES string of the molecule is CC(C)(C)[Si](C)(C)OC[C@H]1O[C@@H](n2ccc(=O)[nH]c2=O)[C@H](O[Si](C)(C)C(C)(C)C)[C@@]1(O)CC(N)=O. The first kappa shape index (κ1) is 29.7. The van der Waals surface area contributed by atoms with Crippen molar-refractivity contribution in [2.24, 2.45) is 5.73 Å². The van der Waals surface area contributed by atoms with E-state index < -0.39 is 64.2 Å². The summed E-state index contributed by atoms with van der Waals surface area (Å²) in [6.45, 7) is 20.6. The minimum atomic E-state index is -2.54. The Hall–Kier alpha value is -1.58. The molecule has 12 heteroatoms. The highest BCUT2D eigenvalue weighted by atomic mass is 28.4. The van der Waals surface area contributed by atoms with Crippen molar-refractivity contribution in [2.45, 2.75) is 108 Å². The summed E-state index contributed by atoms with van der Waals surface area (Å²) in [5, 5.41) is 11.7. The van der Waals surface area contributed by atoms with Gasteiger partial charge in [0, 0.05) is 12.3 Å². The van der Waals surface area contributed by atoms with E-state index in [9.17, 15) is 19.5 Å². The topological polar surface area (TPSA) is 146 Å². The lowest BCUT2D eigenvalue weighted by atomic mass is 9.88. The average molecular weight is 530 g/mol. The number of hydrogen-bond acceptors (Lipinski definition) is 7. The Morgan fingerprint density at radius 1 is 1.14 bits per heavy atom. The highest BCUT2D eigenvalue weighted by molar-refractivity contribution is 6.74. The smallest absolute Gasteiger partial charge is 0.330 e. The summed E-state index contributed by atoms with van der Waals surface area (Å²) in [5.41, 5.74) is 2.44. The van der Waals surface area contributed by atoms with Crippen LogP contribution in [0.4, 0.5) is 0 Å². The van der Waals surface area contributed by atoms with E-state index in [0.29, 0.717) is 0 Å². The van der Waals surface area contributed by atoms with Crippen molar-refractivity contribution >= 4 is 22.5 Å². The summed E-state index contributed by atoms with van der Waals surface area (Å²) in [6, 6.07) is 1.20. The van der Waals surface area contributed by atoms with Gasteiger partial charge in [0.25, 0.3) is 5.56 Å². The molecule has 0 unspecified atom stereocenters. The lowest BCUT2D eigenvalue weighted by molar-refractivity contribution is -0.133. The second-order valence-electron chi connectivity index (χ2n) is 12.5. The lowest BCUT2D eigenvalue weighted by Crippen LogP contribution is -2.58. The first-order chi connectivity index (χ1) is 15.6. The van der Waals surface area contributed by atoms with E-state index in [1.54, 1.807) is 0 Å². The number of H-pyrrole nitrogens is 1. The van der Waals surface area contributed by atoms with Crippen molar-refractivity contribution in [1.29, 1.82) is 0 Å². The van der Waals surface area contributed by atoms with Crippen molar-refractivity contribution in [2.75, 3.05) is 6.61 Å². The number of amides is 1. The number of hydrogen-bond donors (Lipinski definition) is 3. The largest absolute Gasteiger partial charge is 0.414 e. The number of carbonyl (C=O) groups is 1. The van der Waals surface area contributed by atoms with Crippen LogP contribution in [-0.4, -0.2) is 61.6 Å². The van der Waals surface area contributed by atoms with E-state index in [4.69, 9.17) is 19.3 Å². The Morgan fingerprint density at radius 3 is 2.14 bits per heavy atom. The Bertz CT molecular complexity index is 1040. The van der Waals surface area contributed by atoms with Crippen LogP contribution in [0.3, 0.4) is 0 Å². The van der Waals surface area contributed by atoms with Crippen LogP contribution < -0.4 is 17.0 Å².